The summed E-state index contributed by atoms with van der Waals surface area (Å²) in [6.07, 6.45) is 0.910. The quantitative estimate of drug-likeness (QED) is 0.903. The Morgan fingerprint density at radius 2 is 2.05 bits per heavy atom. The molecule has 0 saturated carbocycles. The summed E-state index contributed by atoms with van der Waals surface area (Å²) in [6.45, 7) is 2.76. The zero-order valence-corrected chi connectivity index (χ0v) is 11.8. The first-order valence-corrected chi connectivity index (χ1v) is 7.45. The van der Waals surface area contributed by atoms with Crippen LogP contribution in [-0.4, -0.2) is 18.2 Å². The Bertz CT molecular complexity index is 635. The summed E-state index contributed by atoms with van der Waals surface area (Å²) in [5, 5.41) is 5.13. The lowest BCUT2D eigenvalue weighted by Crippen LogP contribution is -2.13. The molecule has 0 saturated heterocycles. The number of ether oxygens (including phenoxy) is 2. The molecule has 1 aliphatic rings. The molecule has 5 nitrogen and oxygen atoms in total. The molecule has 1 aromatic heterocycles. The highest BCUT2D eigenvalue weighted by atomic mass is 32.1. The van der Waals surface area contributed by atoms with Crippen LogP contribution in [0.3, 0.4) is 0 Å². The molecule has 0 amide bonds. The number of thiazole rings is 1. The van der Waals surface area contributed by atoms with E-state index in [1.165, 1.54) is 11.3 Å². The predicted molar refractivity (Wildman–Crippen MR) is 77.5 cm³/mol. The summed E-state index contributed by atoms with van der Waals surface area (Å²) in [5.41, 5.74) is 2.04. The van der Waals surface area contributed by atoms with Gasteiger partial charge in [0.1, 0.15) is 0 Å². The van der Waals surface area contributed by atoms with E-state index in [4.69, 9.17) is 9.47 Å². The first-order chi connectivity index (χ1) is 9.81. The molecular formula is C14H16N2O3S. The van der Waals surface area contributed by atoms with Crippen molar-refractivity contribution in [3.05, 3.63) is 44.5 Å². The minimum atomic E-state index is -0.0163. The van der Waals surface area contributed by atoms with Gasteiger partial charge in [0.05, 0.1) is 13.2 Å². The van der Waals surface area contributed by atoms with Crippen LogP contribution in [0, 0.1) is 0 Å². The van der Waals surface area contributed by atoms with Crippen molar-refractivity contribution in [2.45, 2.75) is 19.5 Å². The second-order valence-electron chi connectivity index (χ2n) is 4.61. The first-order valence-electron chi connectivity index (χ1n) is 6.57. The lowest BCUT2D eigenvalue weighted by molar-refractivity contribution is 0.297. The standard InChI is InChI=1S/C14H16N2O3S/c17-14-16-11(9-20-14)8-15-7-10-2-3-12-13(6-10)19-5-1-4-18-12/h2-3,6,9,15H,1,4-5,7-8H2,(H,16,17). The zero-order chi connectivity index (χ0) is 13.8. The van der Waals surface area contributed by atoms with Gasteiger partial charge in [-0.25, -0.2) is 0 Å². The van der Waals surface area contributed by atoms with E-state index in [9.17, 15) is 4.79 Å². The van der Waals surface area contributed by atoms with Gasteiger partial charge in [0, 0.05) is 30.6 Å². The Labute approximate surface area is 120 Å². The summed E-state index contributed by atoms with van der Waals surface area (Å²) in [5.74, 6) is 1.62. The molecule has 0 unspecified atom stereocenters. The van der Waals surface area contributed by atoms with Crippen molar-refractivity contribution >= 4 is 11.3 Å². The summed E-state index contributed by atoms with van der Waals surface area (Å²) in [4.78, 5) is 13.8. The number of H-pyrrole nitrogens is 1. The number of benzene rings is 1. The Morgan fingerprint density at radius 3 is 2.85 bits per heavy atom. The van der Waals surface area contributed by atoms with E-state index in [0.717, 1.165) is 29.2 Å². The SMILES string of the molecule is O=c1[nH]c(CNCc2ccc3c(c2)OCCCO3)cs1. The number of aromatic amines is 1. The molecule has 0 bridgehead atoms. The molecular weight excluding hydrogens is 276 g/mol. The number of hydrogen-bond donors (Lipinski definition) is 2. The molecule has 0 aliphatic carbocycles. The second-order valence-corrected chi connectivity index (χ2v) is 5.45. The Morgan fingerprint density at radius 1 is 1.20 bits per heavy atom. The van der Waals surface area contributed by atoms with Crippen molar-refractivity contribution in [2.24, 2.45) is 0 Å². The minimum Gasteiger partial charge on any atom is -0.490 e. The molecule has 1 aliphatic heterocycles. The van der Waals surface area contributed by atoms with Crippen LogP contribution in [0.4, 0.5) is 0 Å². The van der Waals surface area contributed by atoms with Gasteiger partial charge in [-0.05, 0) is 17.7 Å². The molecule has 3 rings (SSSR count). The highest BCUT2D eigenvalue weighted by Crippen LogP contribution is 2.30. The molecule has 0 atom stereocenters. The van der Waals surface area contributed by atoms with E-state index >= 15 is 0 Å². The zero-order valence-electron chi connectivity index (χ0n) is 11.0. The number of aromatic nitrogens is 1. The van der Waals surface area contributed by atoms with Gasteiger partial charge in [-0.2, -0.15) is 0 Å². The van der Waals surface area contributed by atoms with Crippen LogP contribution in [0.15, 0.2) is 28.4 Å². The number of fused-ring (bicyclic) bond motifs is 1. The summed E-state index contributed by atoms with van der Waals surface area (Å²) in [6, 6.07) is 5.98. The lowest BCUT2D eigenvalue weighted by Gasteiger charge is -2.09. The van der Waals surface area contributed by atoms with E-state index in [-0.39, 0.29) is 4.87 Å². The molecule has 1 aromatic carbocycles. The third-order valence-corrected chi connectivity index (χ3v) is 3.75. The summed E-state index contributed by atoms with van der Waals surface area (Å²) >= 11 is 1.18. The molecule has 2 aromatic rings. The van der Waals surface area contributed by atoms with Crippen molar-refractivity contribution < 1.29 is 9.47 Å². The van der Waals surface area contributed by atoms with Crippen LogP contribution in [0.2, 0.25) is 0 Å². The summed E-state index contributed by atoms with van der Waals surface area (Å²) < 4.78 is 11.3. The topological polar surface area (TPSA) is 63.4 Å². The summed E-state index contributed by atoms with van der Waals surface area (Å²) in [7, 11) is 0. The monoisotopic (exact) mass is 292 g/mol. The van der Waals surface area contributed by atoms with Crippen molar-refractivity contribution in [2.75, 3.05) is 13.2 Å². The van der Waals surface area contributed by atoms with Crippen molar-refractivity contribution in [1.82, 2.24) is 10.3 Å². The van der Waals surface area contributed by atoms with Gasteiger partial charge in [-0.3, -0.25) is 4.79 Å². The largest absolute Gasteiger partial charge is 0.490 e. The maximum Gasteiger partial charge on any atom is 0.304 e. The van der Waals surface area contributed by atoms with Gasteiger partial charge in [0.15, 0.2) is 11.5 Å². The van der Waals surface area contributed by atoms with Gasteiger partial charge in [0.2, 0.25) is 0 Å². The maximum absolute atomic E-state index is 11.0. The van der Waals surface area contributed by atoms with E-state index in [2.05, 4.69) is 10.3 Å². The lowest BCUT2D eigenvalue weighted by atomic mass is 10.2. The third kappa shape index (κ3) is 3.20. The van der Waals surface area contributed by atoms with Crippen LogP contribution in [0.1, 0.15) is 17.7 Å². The fourth-order valence-electron chi connectivity index (χ4n) is 2.06. The molecule has 20 heavy (non-hydrogen) atoms. The Hall–Kier alpha value is -1.79. The van der Waals surface area contributed by atoms with Gasteiger partial charge in [-0.15, -0.1) is 0 Å². The number of rotatable bonds is 4. The fourth-order valence-corrected chi connectivity index (χ4v) is 2.64. The van der Waals surface area contributed by atoms with Crippen molar-refractivity contribution in [3.63, 3.8) is 0 Å². The van der Waals surface area contributed by atoms with Gasteiger partial charge >= 0.3 is 4.87 Å². The van der Waals surface area contributed by atoms with E-state index in [1.807, 2.05) is 23.6 Å². The highest BCUT2D eigenvalue weighted by Gasteiger charge is 2.10. The van der Waals surface area contributed by atoms with Gasteiger partial charge < -0.3 is 19.8 Å². The van der Waals surface area contributed by atoms with Crippen LogP contribution < -0.4 is 19.7 Å². The van der Waals surface area contributed by atoms with Crippen LogP contribution in [0.25, 0.3) is 0 Å². The maximum atomic E-state index is 11.0. The van der Waals surface area contributed by atoms with E-state index in [0.29, 0.717) is 26.3 Å². The average molecular weight is 292 g/mol. The van der Waals surface area contributed by atoms with Crippen molar-refractivity contribution in [3.8, 4) is 11.5 Å². The number of nitrogens with one attached hydrogen (secondary N) is 2. The molecule has 0 spiro atoms. The minimum absolute atomic E-state index is 0.0163. The van der Waals surface area contributed by atoms with Gasteiger partial charge in [0.25, 0.3) is 0 Å². The molecule has 2 N–H and O–H groups in total. The third-order valence-electron chi connectivity index (χ3n) is 3.03. The number of hydrogen-bond acceptors (Lipinski definition) is 5. The van der Waals surface area contributed by atoms with Crippen molar-refractivity contribution in [1.29, 1.82) is 0 Å². The second kappa shape index (κ2) is 6.11. The van der Waals surface area contributed by atoms with E-state index in [1.54, 1.807) is 0 Å². The van der Waals surface area contributed by atoms with Crippen LogP contribution in [0.5, 0.6) is 11.5 Å². The van der Waals surface area contributed by atoms with Gasteiger partial charge in [-0.1, -0.05) is 17.4 Å². The average Bonchev–Trinajstić information content (AvgIpc) is 2.73. The molecule has 106 valence electrons. The molecule has 0 fully saturated rings. The molecule has 2 heterocycles. The molecule has 0 radical (unpaired) electrons. The Kier molecular flexibility index (Phi) is 4.03. The smallest absolute Gasteiger partial charge is 0.304 e. The molecule has 6 heteroatoms. The van der Waals surface area contributed by atoms with Crippen LogP contribution in [-0.2, 0) is 13.1 Å². The van der Waals surface area contributed by atoms with Crippen LogP contribution >= 0.6 is 11.3 Å². The predicted octanol–water partition coefficient (Wildman–Crippen LogP) is 1.89. The Balaban J connectivity index is 1.60. The normalized spacial score (nSPS) is 14.0. The first kappa shape index (κ1) is 13.2. The fraction of sp³-hybridized carbons (Fsp3) is 0.357. The highest BCUT2D eigenvalue weighted by molar-refractivity contribution is 7.07. The van der Waals surface area contributed by atoms with E-state index < -0.39 is 0 Å².